The summed E-state index contributed by atoms with van der Waals surface area (Å²) in [5.74, 6) is 0.584. The molecule has 0 aromatic heterocycles. The molecule has 1 aromatic rings. The lowest BCUT2D eigenvalue weighted by Crippen LogP contribution is -2.29. The average molecular weight is 235 g/mol. The van der Waals surface area contributed by atoms with Gasteiger partial charge in [0.15, 0.2) is 0 Å². The molecule has 0 spiro atoms. The number of nitrogens with one attached hydrogen (secondary N) is 1. The number of rotatable bonds is 6. The first kappa shape index (κ1) is 14.2. The van der Waals surface area contributed by atoms with Gasteiger partial charge in [-0.05, 0) is 37.3 Å². The average Bonchev–Trinajstić information content (AvgIpc) is 2.29. The summed E-state index contributed by atoms with van der Waals surface area (Å²) in [5.41, 5.74) is 2.68. The highest BCUT2D eigenvalue weighted by atomic mass is 16.3. The Labute approximate surface area is 105 Å². The lowest BCUT2D eigenvalue weighted by Gasteiger charge is -2.20. The van der Waals surface area contributed by atoms with Crippen LogP contribution in [-0.4, -0.2) is 17.8 Å². The predicted octanol–water partition coefficient (Wildman–Crippen LogP) is 3.23. The van der Waals surface area contributed by atoms with Crippen LogP contribution in [-0.2, 0) is 0 Å². The van der Waals surface area contributed by atoms with Crippen LogP contribution in [0.5, 0.6) is 0 Å². The number of aliphatic hydroxyl groups excluding tert-OH is 1. The molecule has 17 heavy (non-hydrogen) atoms. The summed E-state index contributed by atoms with van der Waals surface area (Å²) in [5, 5.41) is 12.4. The van der Waals surface area contributed by atoms with E-state index in [0.29, 0.717) is 18.0 Å². The van der Waals surface area contributed by atoms with E-state index < -0.39 is 0 Å². The first-order chi connectivity index (χ1) is 8.04. The van der Waals surface area contributed by atoms with E-state index in [1.165, 1.54) is 11.1 Å². The van der Waals surface area contributed by atoms with E-state index in [-0.39, 0.29) is 6.61 Å². The topological polar surface area (TPSA) is 32.3 Å². The third-order valence-corrected chi connectivity index (χ3v) is 3.20. The van der Waals surface area contributed by atoms with Crippen LogP contribution in [0.25, 0.3) is 0 Å². The van der Waals surface area contributed by atoms with Gasteiger partial charge in [0, 0.05) is 18.7 Å². The van der Waals surface area contributed by atoms with Crippen LogP contribution < -0.4 is 5.32 Å². The molecule has 0 aliphatic heterocycles. The van der Waals surface area contributed by atoms with Gasteiger partial charge in [0.25, 0.3) is 0 Å². The lowest BCUT2D eigenvalue weighted by molar-refractivity contribution is 0.264. The van der Waals surface area contributed by atoms with E-state index in [0.717, 1.165) is 6.42 Å². The Hall–Kier alpha value is -0.860. The Morgan fingerprint density at radius 2 is 1.53 bits per heavy atom. The standard InChI is InChI=1S/C15H25NO/c1-11(2)14-5-7-15(8-6-14)13(4)16-12(3)9-10-17/h5-8,11-13,16-17H,9-10H2,1-4H3. The van der Waals surface area contributed by atoms with Crippen LogP contribution >= 0.6 is 0 Å². The summed E-state index contributed by atoms with van der Waals surface area (Å²) in [4.78, 5) is 0. The molecule has 96 valence electrons. The predicted molar refractivity (Wildman–Crippen MR) is 73.2 cm³/mol. The molecule has 0 aliphatic rings. The molecule has 2 unspecified atom stereocenters. The molecule has 2 heteroatoms. The van der Waals surface area contributed by atoms with Gasteiger partial charge in [0.05, 0.1) is 0 Å². The number of hydrogen-bond acceptors (Lipinski definition) is 2. The van der Waals surface area contributed by atoms with Crippen molar-refractivity contribution < 1.29 is 5.11 Å². The Morgan fingerprint density at radius 1 is 1.00 bits per heavy atom. The third kappa shape index (κ3) is 4.49. The molecule has 1 rings (SSSR count). The second-order valence-electron chi connectivity index (χ2n) is 5.12. The first-order valence-electron chi connectivity index (χ1n) is 6.51. The Kier molecular flexibility index (Phi) is 5.66. The summed E-state index contributed by atoms with van der Waals surface area (Å²) in [6.07, 6.45) is 0.800. The minimum absolute atomic E-state index is 0.243. The van der Waals surface area contributed by atoms with Gasteiger partial charge in [-0.1, -0.05) is 38.1 Å². The molecular formula is C15H25NO. The van der Waals surface area contributed by atoms with Gasteiger partial charge < -0.3 is 10.4 Å². The van der Waals surface area contributed by atoms with Crippen LogP contribution in [0.2, 0.25) is 0 Å². The van der Waals surface area contributed by atoms with Crippen molar-refractivity contribution >= 4 is 0 Å². The third-order valence-electron chi connectivity index (χ3n) is 3.20. The molecule has 0 bridgehead atoms. The van der Waals surface area contributed by atoms with E-state index in [1.54, 1.807) is 0 Å². The van der Waals surface area contributed by atoms with Crippen LogP contribution in [0.3, 0.4) is 0 Å². The second kappa shape index (κ2) is 6.77. The van der Waals surface area contributed by atoms with Gasteiger partial charge in [0.2, 0.25) is 0 Å². The molecule has 0 saturated carbocycles. The van der Waals surface area contributed by atoms with E-state index >= 15 is 0 Å². The number of hydrogen-bond donors (Lipinski definition) is 2. The van der Waals surface area contributed by atoms with Gasteiger partial charge >= 0.3 is 0 Å². The Bertz CT molecular complexity index is 318. The van der Waals surface area contributed by atoms with Crippen molar-refractivity contribution in [2.75, 3.05) is 6.61 Å². The zero-order chi connectivity index (χ0) is 12.8. The minimum atomic E-state index is 0.243. The molecule has 0 aliphatic carbocycles. The van der Waals surface area contributed by atoms with Crippen molar-refractivity contribution in [1.82, 2.24) is 5.32 Å². The highest BCUT2D eigenvalue weighted by Crippen LogP contribution is 2.19. The van der Waals surface area contributed by atoms with Crippen LogP contribution in [0.1, 0.15) is 57.2 Å². The number of benzene rings is 1. The molecule has 0 radical (unpaired) electrons. The molecule has 2 nitrogen and oxygen atoms in total. The summed E-state index contributed by atoms with van der Waals surface area (Å²) >= 11 is 0. The quantitative estimate of drug-likeness (QED) is 0.793. The minimum Gasteiger partial charge on any atom is -0.396 e. The van der Waals surface area contributed by atoms with Gasteiger partial charge in [0.1, 0.15) is 0 Å². The van der Waals surface area contributed by atoms with E-state index in [1.807, 2.05) is 0 Å². The summed E-state index contributed by atoms with van der Waals surface area (Å²) in [6.45, 7) is 8.93. The molecule has 2 N–H and O–H groups in total. The summed E-state index contributed by atoms with van der Waals surface area (Å²) in [7, 11) is 0. The van der Waals surface area contributed by atoms with Gasteiger partial charge in [-0.25, -0.2) is 0 Å². The van der Waals surface area contributed by atoms with E-state index in [9.17, 15) is 0 Å². The maximum Gasteiger partial charge on any atom is 0.0445 e. The number of aliphatic hydroxyl groups is 1. The van der Waals surface area contributed by atoms with Gasteiger partial charge in [-0.15, -0.1) is 0 Å². The summed E-state index contributed by atoms with van der Waals surface area (Å²) in [6, 6.07) is 9.47. The van der Waals surface area contributed by atoms with Gasteiger partial charge in [-0.2, -0.15) is 0 Å². The largest absolute Gasteiger partial charge is 0.396 e. The fourth-order valence-electron chi connectivity index (χ4n) is 1.97. The zero-order valence-electron chi connectivity index (χ0n) is 11.4. The normalized spacial score (nSPS) is 14.9. The summed E-state index contributed by atoms with van der Waals surface area (Å²) < 4.78 is 0. The molecular weight excluding hydrogens is 210 g/mol. The second-order valence-corrected chi connectivity index (χ2v) is 5.12. The maximum absolute atomic E-state index is 8.88. The van der Waals surface area contributed by atoms with Crippen molar-refractivity contribution in [2.45, 2.75) is 52.1 Å². The molecule has 0 saturated heterocycles. The fraction of sp³-hybridized carbons (Fsp3) is 0.600. The monoisotopic (exact) mass is 235 g/mol. The van der Waals surface area contributed by atoms with Crippen molar-refractivity contribution in [1.29, 1.82) is 0 Å². The van der Waals surface area contributed by atoms with Crippen LogP contribution in [0, 0.1) is 0 Å². The smallest absolute Gasteiger partial charge is 0.0445 e. The molecule has 0 fully saturated rings. The molecule has 0 amide bonds. The Balaban J connectivity index is 2.60. The van der Waals surface area contributed by atoms with E-state index in [4.69, 9.17) is 5.11 Å². The highest BCUT2D eigenvalue weighted by Gasteiger charge is 2.09. The van der Waals surface area contributed by atoms with E-state index in [2.05, 4.69) is 57.3 Å². The van der Waals surface area contributed by atoms with Crippen molar-refractivity contribution in [2.24, 2.45) is 0 Å². The van der Waals surface area contributed by atoms with Crippen molar-refractivity contribution in [3.63, 3.8) is 0 Å². The molecule has 0 heterocycles. The lowest BCUT2D eigenvalue weighted by atomic mass is 9.99. The van der Waals surface area contributed by atoms with Crippen molar-refractivity contribution in [3.8, 4) is 0 Å². The Morgan fingerprint density at radius 3 is 2.00 bits per heavy atom. The SMILES string of the molecule is CC(CCO)NC(C)c1ccc(C(C)C)cc1. The van der Waals surface area contributed by atoms with Gasteiger partial charge in [-0.3, -0.25) is 0 Å². The first-order valence-corrected chi connectivity index (χ1v) is 6.51. The molecule has 1 aromatic carbocycles. The van der Waals surface area contributed by atoms with Crippen LogP contribution in [0.15, 0.2) is 24.3 Å². The molecule has 2 atom stereocenters. The van der Waals surface area contributed by atoms with Crippen molar-refractivity contribution in [3.05, 3.63) is 35.4 Å². The highest BCUT2D eigenvalue weighted by molar-refractivity contribution is 5.26. The zero-order valence-corrected chi connectivity index (χ0v) is 11.4. The van der Waals surface area contributed by atoms with Crippen LogP contribution in [0.4, 0.5) is 0 Å². The maximum atomic E-state index is 8.88. The fourth-order valence-corrected chi connectivity index (χ4v) is 1.97.